The van der Waals surface area contributed by atoms with Gasteiger partial charge in [0.25, 0.3) is 0 Å². The first kappa shape index (κ1) is 22.0. The highest BCUT2D eigenvalue weighted by Gasteiger charge is 2.20. The van der Waals surface area contributed by atoms with E-state index in [0.29, 0.717) is 5.41 Å². The molecule has 1 N–H and O–H groups in total. The number of thioether (sulfide) groups is 1. The summed E-state index contributed by atoms with van der Waals surface area (Å²) in [7, 11) is 0. The van der Waals surface area contributed by atoms with Gasteiger partial charge >= 0.3 is 0 Å². The van der Waals surface area contributed by atoms with Gasteiger partial charge < -0.3 is 5.32 Å². The maximum Gasteiger partial charge on any atom is 0.0864 e. The lowest BCUT2D eigenvalue weighted by Gasteiger charge is -2.09. The molecule has 0 unspecified atom stereocenters. The van der Waals surface area contributed by atoms with Crippen molar-refractivity contribution in [2.24, 2.45) is 16.3 Å². The fourth-order valence-corrected chi connectivity index (χ4v) is 2.32. The lowest BCUT2D eigenvalue weighted by molar-refractivity contribution is 0.469. The van der Waals surface area contributed by atoms with E-state index < -0.39 is 0 Å². The van der Waals surface area contributed by atoms with Crippen molar-refractivity contribution in [1.29, 1.82) is 0 Å². The summed E-state index contributed by atoms with van der Waals surface area (Å²) in [4.78, 5) is 5.35. The smallest absolute Gasteiger partial charge is 0.0864 e. The molecule has 0 heterocycles. The minimum absolute atomic E-state index is 0.500. The van der Waals surface area contributed by atoms with Crippen LogP contribution in [0, 0.1) is 11.3 Å². The second-order valence-corrected chi connectivity index (χ2v) is 8.43. The minimum Gasteiger partial charge on any atom is -0.383 e. The molecule has 0 amide bonds. The Hall–Kier alpha value is -0.960. The van der Waals surface area contributed by atoms with E-state index in [1.54, 1.807) is 0 Å². The molecule has 0 bridgehead atoms. The van der Waals surface area contributed by atoms with Gasteiger partial charge in [0.15, 0.2) is 0 Å². The highest BCUT2D eigenvalue weighted by molar-refractivity contribution is 7.99. The van der Waals surface area contributed by atoms with Gasteiger partial charge in [-0.3, -0.25) is 4.99 Å². The van der Waals surface area contributed by atoms with Crippen molar-refractivity contribution in [2.75, 3.05) is 17.6 Å². The first-order chi connectivity index (χ1) is 10.8. The fraction of sp³-hybridized carbons (Fsp3) is 0.650. The van der Waals surface area contributed by atoms with Crippen LogP contribution in [0.3, 0.4) is 0 Å². The van der Waals surface area contributed by atoms with Crippen LogP contribution in [-0.4, -0.2) is 19.0 Å². The quantitative estimate of drug-likeness (QED) is 0.445. The van der Waals surface area contributed by atoms with Gasteiger partial charge in [-0.15, -0.1) is 11.8 Å². The third-order valence-electron chi connectivity index (χ3n) is 2.73. The third-order valence-corrected chi connectivity index (χ3v) is 3.60. The first-order valence-corrected chi connectivity index (χ1v) is 9.79. The standard InChI is InChI=1S/C13H18N2S.C5H12.C2H6/c1-3-16-11-6-7-12(13(8-11)14-2)15-9-10-4-5-10;1-5(2,3)4;1-2/h6-8,10,15H,2-5,9H2,1H3;1-4H3;1-2H3. The number of hydrogen-bond donors (Lipinski definition) is 1. The molecule has 23 heavy (non-hydrogen) atoms. The van der Waals surface area contributed by atoms with E-state index in [2.05, 4.69) is 69.8 Å². The van der Waals surface area contributed by atoms with Crippen molar-refractivity contribution in [1.82, 2.24) is 0 Å². The summed E-state index contributed by atoms with van der Waals surface area (Å²) < 4.78 is 0. The van der Waals surface area contributed by atoms with Crippen LogP contribution >= 0.6 is 11.8 Å². The van der Waals surface area contributed by atoms with Gasteiger partial charge in [-0.25, -0.2) is 0 Å². The van der Waals surface area contributed by atoms with E-state index in [9.17, 15) is 0 Å². The lowest BCUT2D eigenvalue weighted by Crippen LogP contribution is -2.03. The lowest BCUT2D eigenvalue weighted by atomic mass is 10.0. The molecule has 1 fully saturated rings. The Morgan fingerprint density at radius 3 is 2.22 bits per heavy atom. The summed E-state index contributed by atoms with van der Waals surface area (Å²) in [5, 5.41) is 3.45. The van der Waals surface area contributed by atoms with Crippen LogP contribution in [0.5, 0.6) is 0 Å². The molecule has 0 aromatic heterocycles. The number of anilines is 1. The van der Waals surface area contributed by atoms with Crippen LogP contribution in [-0.2, 0) is 0 Å². The molecule has 1 aliphatic carbocycles. The van der Waals surface area contributed by atoms with Crippen LogP contribution in [0.2, 0.25) is 0 Å². The van der Waals surface area contributed by atoms with E-state index in [1.165, 1.54) is 17.7 Å². The summed E-state index contributed by atoms with van der Waals surface area (Å²) in [5.74, 6) is 1.97. The molecule has 1 aromatic carbocycles. The number of aliphatic imine (C=N–C) groups is 1. The largest absolute Gasteiger partial charge is 0.383 e. The van der Waals surface area contributed by atoms with Crippen LogP contribution < -0.4 is 5.32 Å². The number of rotatable bonds is 6. The van der Waals surface area contributed by atoms with E-state index in [4.69, 9.17) is 0 Å². The fourth-order valence-electron chi connectivity index (χ4n) is 1.62. The highest BCUT2D eigenvalue weighted by atomic mass is 32.2. The topological polar surface area (TPSA) is 24.4 Å². The molecule has 1 aliphatic rings. The zero-order valence-corrected chi connectivity index (χ0v) is 17.0. The maximum absolute atomic E-state index is 4.09. The summed E-state index contributed by atoms with van der Waals surface area (Å²) >= 11 is 1.83. The minimum atomic E-state index is 0.500. The van der Waals surface area contributed by atoms with Crippen molar-refractivity contribution < 1.29 is 0 Å². The molecule has 0 spiro atoms. The first-order valence-electron chi connectivity index (χ1n) is 8.81. The Morgan fingerprint density at radius 1 is 1.22 bits per heavy atom. The summed E-state index contributed by atoms with van der Waals surface area (Å²) in [6.07, 6.45) is 2.74. The average Bonchev–Trinajstić information content (AvgIpc) is 3.31. The number of benzene rings is 1. The Balaban J connectivity index is 0.000000594. The molecule has 0 atom stereocenters. The Kier molecular flexibility index (Phi) is 11.1. The Bertz CT molecular complexity index is 439. The monoisotopic (exact) mass is 336 g/mol. The van der Waals surface area contributed by atoms with Gasteiger partial charge in [-0.2, -0.15) is 0 Å². The van der Waals surface area contributed by atoms with Gasteiger partial charge in [0, 0.05) is 11.4 Å². The van der Waals surface area contributed by atoms with E-state index in [0.717, 1.165) is 29.6 Å². The van der Waals surface area contributed by atoms with E-state index in [1.807, 2.05) is 25.6 Å². The van der Waals surface area contributed by atoms with Gasteiger partial charge in [0.1, 0.15) is 0 Å². The Labute approximate surface area is 148 Å². The van der Waals surface area contributed by atoms with Crippen molar-refractivity contribution >= 4 is 29.9 Å². The van der Waals surface area contributed by atoms with E-state index >= 15 is 0 Å². The van der Waals surface area contributed by atoms with E-state index in [-0.39, 0.29) is 0 Å². The van der Waals surface area contributed by atoms with Crippen LogP contribution in [0.15, 0.2) is 28.1 Å². The predicted molar refractivity (Wildman–Crippen MR) is 110 cm³/mol. The van der Waals surface area contributed by atoms with Crippen molar-refractivity contribution in [3.8, 4) is 0 Å². The number of nitrogens with one attached hydrogen (secondary N) is 1. The van der Waals surface area contributed by atoms with Crippen LogP contribution in [0.1, 0.15) is 61.3 Å². The number of nitrogens with zero attached hydrogens (tertiary/aromatic N) is 1. The van der Waals surface area contributed by atoms with Gasteiger partial charge in [-0.05, 0) is 54.8 Å². The molecule has 1 saturated carbocycles. The second kappa shape index (κ2) is 11.6. The molecule has 3 heteroatoms. The SMILES string of the molecule is C=Nc1cc(SCC)ccc1NCC1CC1.CC.CC(C)(C)C. The van der Waals surface area contributed by atoms with Gasteiger partial charge in [-0.1, -0.05) is 48.5 Å². The summed E-state index contributed by atoms with van der Waals surface area (Å²) in [5.41, 5.74) is 2.58. The molecular formula is C20H36N2S. The molecule has 0 aliphatic heterocycles. The van der Waals surface area contributed by atoms with Gasteiger partial charge in [0.05, 0.1) is 11.4 Å². The molecule has 0 radical (unpaired) electrons. The zero-order valence-electron chi connectivity index (χ0n) is 16.2. The third kappa shape index (κ3) is 12.2. The van der Waals surface area contributed by atoms with Crippen LogP contribution in [0.25, 0.3) is 0 Å². The van der Waals surface area contributed by atoms with Crippen molar-refractivity contribution in [2.45, 2.75) is 66.2 Å². The zero-order chi connectivity index (χ0) is 17.9. The van der Waals surface area contributed by atoms with Crippen LogP contribution in [0.4, 0.5) is 11.4 Å². The van der Waals surface area contributed by atoms with Crippen molar-refractivity contribution in [3.63, 3.8) is 0 Å². The summed E-state index contributed by atoms with van der Waals surface area (Å²) in [6, 6.07) is 6.37. The average molecular weight is 337 g/mol. The molecule has 2 rings (SSSR count). The molecular weight excluding hydrogens is 300 g/mol. The molecule has 132 valence electrons. The number of hydrogen-bond acceptors (Lipinski definition) is 3. The summed E-state index contributed by atoms with van der Waals surface area (Å²) in [6.45, 7) is 19.6. The Morgan fingerprint density at radius 2 is 1.78 bits per heavy atom. The second-order valence-electron chi connectivity index (χ2n) is 7.09. The molecule has 2 nitrogen and oxygen atoms in total. The molecule has 0 saturated heterocycles. The maximum atomic E-state index is 4.09. The van der Waals surface area contributed by atoms with Crippen molar-refractivity contribution in [3.05, 3.63) is 18.2 Å². The van der Waals surface area contributed by atoms with Gasteiger partial charge in [0.2, 0.25) is 0 Å². The highest BCUT2D eigenvalue weighted by Crippen LogP contribution is 2.33. The predicted octanol–water partition coefficient (Wildman–Crippen LogP) is 7.03. The molecule has 1 aromatic rings. The normalized spacial score (nSPS) is 13.2.